The first-order valence-electron chi connectivity index (χ1n) is 3.68. The summed E-state index contributed by atoms with van der Waals surface area (Å²) in [5.41, 5.74) is 1.07. The molecule has 0 atom stereocenters. The Labute approximate surface area is 74.4 Å². The van der Waals surface area contributed by atoms with E-state index in [9.17, 15) is 4.39 Å². The summed E-state index contributed by atoms with van der Waals surface area (Å²) < 4.78 is 13.2. The summed E-state index contributed by atoms with van der Waals surface area (Å²) in [6, 6.07) is 2.85. The van der Waals surface area contributed by atoms with Crippen molar-refractivity contribution in [3.05, 3.63) is 36.0 Å². The van der Waals surface area contributed by atoms with Gasteiger partial charge in [-0.05, 0) is 12.1 Å². The van der Waals surface area contributed by atoms with E-state index in [1.165, 1.54) is 24.7 Å². The molecule has 0 unspecified atom stereocenters. The number of hydrogen-bond donors (Lipinski definition) is 0. The van der Waals surface area contributed by atoms with E-state index in [2.05, 4.69) is 15.9 Å². The van der Waals surface area contributed by atoms with Crippen LogP contribution in [0.2, 0.25) is 0 Å². The topological polar surface area (TPSA) is 25.8 Å². The number of hydrogen-bond acceptors (Lipinski definition) is 2. The normalized spacial score (nSPS) is 9.85. The quantitative estimate of drug-likeness (QED) is 0.566. The molecule has 0 aliphatic rings. The lowest BCUT2D eigenvalue weighted by molar-refractivity contribution is 0.639. The second kappa shape index (κ2) is 2.83. The summed E-state index contributed by atoms with van der Waals surface area (Å²) >= 11 is 0. The van der Waals surface area contributed by atoms with Gasteiger partial charge in [0.15, 0.2) is 0 Å². The Morgan fingerprint density at radius 1 is 1.38 bits per heavy atom. The van der Waals surface area contributed by atoms with Gasteiger partial charge in [-0.2, -0.15) is 0 Å². The Balaban J connectivity index is 2.95. The standard InChI is InChI=1S/C10H5FN2/c1-2-7-3-4-9(11)8-5-12-6-13-10(7)8/h1,3-6H. The first-order valence-corrected chi connectivity index (χ1v) is 3.68. The number of aromatic nitrogens is 2. The highest BCUT2D eigenvalue weighted by molar-refractivity contribution is 5.83. The van der Waals surface area contributed by atoms with Crippen LogP contribution in [-0.2, 0) is 0 Å². The first kappa shape index (κ1) is 7.69. The molecule has 0 fully saturated rings. The summed E-state index contributed by atoms with van der Waals surface area (Å²) in [5, 5.41) is 0.359. The van der Waals surface area contributed by atoms with Crippen molar-refractivity contribution in [2.75, 3.05) is 0 Å². The van der Waals surface area contributed by atoms with Gasteiger partial charge >= 0.3 is 0 Å². The van der Waals surface area contributed by atoms with Crippen LogP contribution in [0.4, 0.5) is 4.39 Å². The summed E-state index contributed by atoms with van der Waals surface area (Å²) in [7, 11) is 0. The molecule has 0 N–H and O–H groups in total. The molecule has 2 nitrogen and oxygen atoms in total. The van der Waals surface area contributed by atoms with Crippen molar-refractivity contribution < 1.29 is 4.39 Å². The van der Waals surface area contributed by atoms with Crippen molar-refractivity contribution in [3.63, 3.8) is 0 Å². The Morgan fingerprint density at radius 3 is 3.00 bits per heavy atom. The SMILES string of the molecule is C#Cc1ccc(F)c2cncnc12. The second-order valence-electron chi connectivity index (χ2n) is 2.52. The molecule has 1 aromatic heterocycles. The molecule has 2 aromatic rings. The Bertz CT molecular complexity index is 500. The van der Waals surface area contributed by atoms with E-state index in [-0.39, 0.29) is 5.82 Å². The van der Waals surface area contributed by atoms with Crippen LogP contribution >= 0.6 is 0 Å². The molecule has 0 amide bonds. The fourth-order valence-corrected chi connectivity index (χ4v) is 1.16. The van der Waals surface area contributed by atoms with Gasteiger partial charge in [-0.25, -0.2) is 14.4 Å². The van der Waals surface area contributed by atoms with Gasteiger partial charge in [0.05, 0.1) is 16.5 Å². The fourth-order valence-electron chi connectivity index (χ4n) is 1.16. The highest BCUT2D eigenvalue weighted by Gasteiger charge is 2.04. The predicted octanol–water partition coefficient (Wildman–Crippen LogP) is 1.75. The smallest absolute Gasteiger partial charge is 0.134 e. The van der Waals surface area contributed by atoms with Crippen molar-refractivity contribution in [2.45, 2.75) is 0 Å². The number of fused-ring (bicyclic) bond motifs is 1. The molecule has 0 spiro atoms. The molecule has 1 heterocycles. The van der Waals surface area contributed by atoms with Gasteiger partial charge in [-0.15, -0.1) is 6.42 Å². The van der Waals surface area contributed by atoms with E-state index in [4.69, 9.17) is 6.42 Å². The maximum Gasteiger partial charge on any atom is 0.134 e. The largest absolute Gasteiger partial charge is 0.244 e. The predicted molar refractivity (Wildman–Crippen MR) is 47.4 cm³/mol. The van der Waals surface area contributed by atoms with Crippen molar-refractivity contribution in [3.8, 4) is 12.3 Å². The number of terminal acetylenes is 1. The van der Waals surface area contributed by atoms with Crippen LogP contribution in [0.15, 0.2) is 24.7 Å². The van der Waals surface area contributed by atoms with Gasteiger partial charge in [0.1, 0.15) is 12.1 Å². The summed E-state index contributed by atoms with van der Waals surface area (Å²) in [6.07, 6.45) is 8.00. The molecule has 2 rings (SSSR count). The van der Waals surface area contributed by atoms with E-state index in [1.807, 2.05) is 0 Å². The fraction of sp³-hybridized carbons (Fsp3) is 0. The summed E-state index contributed by atoms with van der Waals surface area (Å²) in [5.74, 6) is 2.09. The van der Waals surface area contributed by atoms with Crippen LogP contribution in [0.5, 0.6) is 0 Å². The average molecular weight is 172 g/mol. The van der Waals surface area contributed by atoms with Crippen LogP contribution in [0.3, 0.4) is 0 Å². The average Bonchev–Trinajstić information content (AvgIpc) is 2.19. The molecular formula is C10H5FN2. The molecule has 1 aromatic carbocycles. The molecule has 62 valence electrons. The molecule has 0 radical (unpaired) electrons. The second-order valence-corrected chi connectivity index (χ2v) is 2.52. The molecule has 3 heteroatoms. The van der Waals surface area contributed by atoms with Crippen LogP contribution in [-0.4, -0.2) is 9.97 Å². The maximum atomic E-state index is 13.2. The minimum atomic E-state index is -0.352. The Kier molecular flexibility index (Phi) is 1.67. The lowest BCUT2D eigenvalue weighted by Gasteiger charge is -1.99. The third-order valence-corrected chi connectivity index (χ3v) is 1.78. The molecule has 13 heavy (non-hydrogen) atoms. The van der Waals surface area contributed by atoms with Crippen LogP contribution in [0.25, 0.3) is 10.9 Å². The van der Waals surface area contributed by atoms with E-state index < -0.39 is 0 Å². The van der Waals surface area contributed by atoms with Gasteiger partial charge < -0.3 is 0 Å². The summed E-state index contributed by atoms with van der Waals surface area (Å²) in [6.45, 7) is 0. The van der Waals surface area contributed by atoms with Gasteiger partial charge in [0, 0.05) is 6.20 Å². The minimum Gasteiger partial charge on any atom is -0.244 e. The number of benzene rings is 1. The lowest BCUT2D eigenvalue weighted by Crippen LogP contribution is -1.88. The van der Waals surface area contributed by atoms with Crippen LogP contribution in [0, 0.1) is 18.2 Å². The van der Waals surface area contributed by atoms with E-state index in [1.54, 1.807) is 0 Å². The first-order chi connectivity index (χ1) is 6.33. The Morgan fingerprint density at radius 2 is 2.23 bits per heavy atom. The number of halogens is 1. The van der Waals surface area contributed by atoms with E-state index >= 15 is 0 Å². The number of nitrogens with zero attached hydrogens (tertiary/aromatic N) is 2. The lowest BCUT2D eigenvalue weighted by atomic mass is 10.1. The minimum absolute atomic E-state index is 0.352. The molecule has 0 bridgehead atoms. The molecule has 0 saturated heterocycles. The zero-order chi connectivity index (χ0) is 9.26. The van der Waals surface area contributed by atoms with Gasteiger partial charge in [-0.3, -0.25) is 0 Å². The maximum absolute atomic E-state index is 13.2. The van der Waals surface area contributed by atoms with Crippen molar-refractivity contribution in [1.29, 1.82) is 0 Å². The Hall–Kier alpha value is -1.95. The molecule has 0 saturated carbocycles. The van der Waals surface area contributed by atoms with E-state index in [0.717, 1.165) is 0 Å². The third-order valence-electron chi connectivity index (χ3n) is 1.78. The highest BCUT2D eigenvalue weighted by atomic mass is 19.1. The molecular weight excluding hydrogens is 167 g/mol. The van der Waals surface area contributed by atoms with Gasteiger partial charge in [-0.1, -0.05) is 5.92 Å². The highest BCUT2D eigenvalue weighted by Crippen LogP contribution is 2.17. The zero-order valence-electron chi connectivity index (χ0n) is 6.66. The van der Waals surface area contributed by atoms with E-state index in [0.29, 0.717) is 16.5 Å². The molecule has 0 aliphatic carbocycles. The number of rotatable bonds is 0. The van der Waals surface area contributed by atoms with Gasteiger partial charge in [0.25, 0.3) is 0 Å². The van der Waals surface area contributed by atoms with Crippen molar-refractivity contribution in [2.24, 2.45) is 0 Å². The monoisotopic (exact) mass is 172 g/mol. The third kappa shape index (κ3) is 1.13. The van der Waals surface area contributed by atoms with Gasteiger partial charge in [0.2, 0.25) is 0 Å². The molecule has 0 aliphatic heterocycles. The van der Waals surface area contributed by atoms with Crippen molar-refractivity contribution in [1.82, 2.24) is 9.97 Å². The van der Waals surface area contributed by atoms with Crippen LogP contribution < -0.4 is 0 Å². The summed E-state index contributed by atoms with van der Waals surface area (Å²) in [4.78, 5) is 7.65. The van der Waals surface area contributed by atoms with Crippen LogP contribution in [0.1, 0.15) is 5.56 Å². The zero-order valence-corrected chi connectivity index (χ0v) is 6.66. The van der Waals surface area contributed by atoms with Crippen molar-refractivity contribution >= 4 is 10.9 Å².